The Morgan fingerprint density at radius 3 is 2.18 bits per heavy atom. The second-order valence-electron chi connectivity index (χ2n) is 8.92. The minimum Gasteiger partial charge on any atom is -0.497 e. The monoisotopic (exact) mass is 470 g/mol. The van der Waals surface area contributed by atoms with E-state index >= 15 is 0 Å². The van der Waals surface area contributed by atoms with E-state index < -0.39 is 5.41 Å². The molecule has 4 nitrogen and oxygen atoms in total. The van der Waals surface area contributed by atoms with Crippen LogP contribution in [0.1, 0.15) is 42.1 Å². The number of aromatic nitrogens is 1. The molecule has 4 aromatic rings. The van der Waals surface area contributed by atoms with Crippen LogP contribution in [0.2, 0.25) is 0 Å². The number of rotatable bonds is 9. The summed E-state index contributed by atoms with van der Waals surface area (Å²) >= 11 is 1.48. The Bertz CT molecular complexity index is 1200. The normalized spacial score (nSPS) is 12.2. The second kappa shape index (κ2) is 10.7. The zero-order valence-electron chi connectivity index (χ0n) is 19.8. The number of hydrogen-bond donors (Lipinski definition) is 1. The Morgan fingerprint density at radius 2 is 1.53 bits per heavy atom. The average molecular weight is 471 g/mol. The van der Waals surface area contributed by atoms with Crippen LogP contribution in [0.4, 0.5) is 5.13 Å². The van der Waals surface area contributed by atoms with Gasteiger partial charge in [-0.25, -0.2) is 4.98 Å². The molecule has 1 heterocycles. The number of nitrogens with one attached hydrogen (secondary N) is 1. The molecule has 1 N–H and O–H groups in total. The summed E-state index contributed by atoms with van der Waals surface area (Å²) in [6, 6.07) is 28.5. The summed E-state index contributed by atoms with van der Waals surface area (Å²) in [5.41, 5.74) is 3.72. The number of amides is 1. The van der Waals surface area contributed by atoms with Crippen molar-refractivity contribution in [3.63, 3.8) is 0 Å². The number of hydrogen-bond acceptors (Lipinski definition) is 4. The topological polar surface area (TPSA) is 51.2 Å². The number of benzene rings is 3. The fraction of sp³-hybridized carbons (Fsp3) is 0.241. The van der Waals surface area contributed by atoms with Gasteiger partial charge in [-0.1, -0.05) is 86.6 Å². The lowest BCUT2D eigenvalue weighted by Crippen LogP contribution is -2.37. The first-order valence-corrected chi connectivity index (χ1v) is 12.3. The van der Waals surface area contributed by atoms with Gasteiger partial charge in [0, 0.05) is 11.3 Å². The zero-order valence-corrected chi connectivity index (χ0v) is 20.6. The van der Waals surface area contributed by atoms with Crippen LogP contribution >= 0.6 is 11.3 Å². The molecule has 34 heavy (non-hydrogen) atoms. The fourth-order valence-corrected chi connectivity index (χ4v) is 4.99. The Kier molecular flexibility index (Phi) is 7.43. The zero-order chi connectivity index (χ0) is 24.0. The average Bonchev–Trinajstić information content (AvgIpc) is 3.32. The van der Waals surface area contributed by atoms with Crippen molar-refractivity contribution in [3.8, 4) is 5.75 Å². The molecule has 174 valence electrons. The van der Waals surface area contributed by atoms with Crippen LogP contribution in [-0.2, 0) is 17.6 Å². The van der Waals surface area contributed by atoms with Gasteiger partial charge >= 0.3 is 0 Å². The van der Waals surface area contributed by atoms with Crippen molar-refractivity contribution in [3.05, 3.63) is 113 Å². The van der Waals surface area contributed by atoms with Crippen molar-refractivity contribution >= 4 is 22.4 Å². The third-order valence-corrected chi connectivity index (χ3v) is 6.98. The summed E-state index contributed by atoms with van der Waals surface area (Å²) in [7, 11) is 1.66. The lowest BCUT2D eigenvalue weighted by molar-refractivity contribution is -0.124. The van der Waals surface area contributed by atoms with Crippen LogP contribution in [0, 0.1) is 5.41 Å². The van der Waals surface area contributed by atoms with Gasteiger partial charge < -0.3 is 10.1 Å². The quantitative estimate of drug-likeness (QED) is 0.295. The predicted octanol–water partition coefficient (Wildman–Crippen LogP) is 6.73. The Labute approximate surface area is 205 Å². The highest BCUT2D eigenvalue weighted by Gasteiger charge is 2.39. The van der Waals surface area contributed by atoms with Crippen molar-refractivity contribution in [1.29, 1.82) is 0 Å². The van der Waals surface area contributed by atoms with E-state index in [1.165, 1.54) is 16.9 Å². The lowest BCUT2D eigenvalue weighted by atomic mass is 9.70. The van der Waals surface area contributed by atoms with E-state index in [-0.39, 0.29) is 11.8 Å². The van der Waals surface area contributed by atoms with Gasteiger partial charge in [0.2, 0.25) is 5.91 Å². The number of ether oxygens (including phenoxy) is 1. The molecule has 5 heteroatoms. The fourth-order valence-electron chi connectivity index (χ4n) is 4.25. The van der Waals surface area contributed by atoms with Gasteiger partial charge in [-0.3, -0.25) is 4.79 Å². The molecule has 0 aliphatic heterocycles. The van der Waals surface area contributed by atoms with Crippen LogP contribution in [0.15, 0.2) is 90.3 Å². The number of anilines is 1. The minimum atomic E-state index is -0.716. The van der Waals surface area contributed by atoms with Gasteiger partial charge in [-0.15, -0.1) is 11.3 Å². The molecule has 0 fully saturated rings. The molecule has 1 aromatic heterocycles. The summed E-state index contributed by atoms with van der Waals surface area (Å²) in [6.07, 6.45) is 1.77. The van der Waals surface area contributed by atoms with Crippen LogP contribution in [0.3, 0.4) is 0 Å². The molecule has 3 aromatic carbocycles. The predicted molar refractivity (Wildman–Crippen MR) is 140 cm³/mol. The summed E-state index contributed by atoms with van der Waals surface area (Å²) < 4.78 is 5.33. The summed E-state index contributed by atoms with van der Waals surface area (Å²) in [6.45, 7) is 3.99. The molecule has 0 aliphatic carbocycles. The molecule has 1 amide bonds. The van der Waals surface area contributed by atoms with E-state index in [4.69, 9.17) is 4.74 Å². The van der Waals surface area contributed by atoms with Gasteiger partial charge in [-0.2, -0.15) is 0 Å². The number of carbonyl (C=O) groups excluding carboxylic acids is 1. The van der Waals surface area contributed by atoms with E-state index in [0.29, 0.717) is 5.13 Å². The number of thiazole rings is 1. The molecule has 0 bridgehead atoms. The SMILES string of the molecule is COc1ccc(C(c2ccccc2)C(C)(C)C(=O)Nc2nc(CCc3ccccc3)cs2)cc1. The van der Waals surface area contributed by atoms with Gasteiger partial charge in [0.25, 0.3) is 0 Å². The molecule has 4 rings (SSSR count). The summed E-state index contributed by atoms with van der Waals surface area (Å²) in [5, 5.41) is 5.76. The largest absolute Gasteiger partial charge is 0.497 e. The number of aryl methyl sites for hydroxylation is 2. The minimum absolute atomic E-state index is 0.0545. The Morgan fingerprint density at radius 1 is 0.912 bits per heavy atom. The van der Waals surface area contributed by atoms with E-state index in [9.17, 15) is 4.79 Å². The molecule has 0 saturated carbocycles. The van der Waals surface area contributed by atoms with Crippen molar-refractivity contribution < 1.29 is 9.53 Å². The highest BCUT2D eigenvalue weighted by molar-refractivity contribution is 7.13. The van der Waals surface area contributed by atoms with Crippen LogP contribution in [-0.4, -0.2) is 18.0 Å². The van der Waals surface area contributed by atoms with E-state index in [1.807, 2.05) is 67.8 Å². The van der Waals surface area contributed by atoms with Crippen LogP contribution in [0.25, 0.3) is 0 Å². The van der Waals surface area contributed by atoms with E-state index in [0.717, 1.165) is 35.4 Å². The van der Waals surface area contributed by atoms with E-state index in [2.05, 4.69) is 46.7 Å². The first-order valence-electron chi connectivity index (χ1n) is 11.5. The first-order chi connectivity index (χ1) is 16.5. The standard InChI is InChI=1S/C29H30N2O2S/c1-29(2,26(22-12-8-5-9-13-22)23-15-18-25(33-3)19-16-23)27(32)31-28-30-24(20-34-28)17-14-21-10-6-4-7-11-21/h4-13,15-16,18-20,26H,14,17H2,1-3H3,(H,30,31,32). The molecule has 1 atom stereocenters. The van der Waals surface area contributed by atoms with Crippen molar-refractivity contribution in [2.75, 3.05) is 12.4 Å². The summed E-state index contributed by atoms with van der Waals surface area (Å²) in [4.78, 5) is 18.2. The maximum Gasteiger partial charge on any atom is 0.232 e. The third-order valence-electron chi connectivity index (χ3n) is 6.17. The van der Waals surface area contributed by atoms with Gasteiger partial charge in [0.1, 0.15) is 5.75 Å². The molecular formula is C29H30N2O2S. The van der Waals surface area contributed by atoms with Crippen molar-refractivity contribution in [2.45, 2.75) is 32.6 Å². The number of carbonyl (C=O) groups is 1. The number of nitrogens with zero attached hydrogens (tertiary/aromatic N) is 1. The Hall–Kier alpha value is -3.44. The van der Waals surface area contributed by atoms with Crippen molar-refractivity contribution in [2.24, 2.45) is 5.41 Å². The van der Waals surface area contributed by atoms with Crippen LogP contribution in [0.5, 0.6) is 5.75 Å². The summed E-state index contributed by atoms with van der Waals surface area (Å²) in [5.74, 6) is 0.613. The molecule has 0 spiro atoms. The molecule has 0 saturated heterocycles. The van der Waals surface area contributed by atoms with Crippen molar-refractivity contribution in [1.82, 2.24) is 4.98 Å². The second-order valence-corrected chi connectivity index (χ2v) is 9.78. The first kappa shape index (κ1) is 23.7. The maximum absolute atomic E-state index is 13.6. The Balaban J connectivity index is 1.52. The van der Waals surface area contributed by atoms with Gasteiger partial charge in [0.05, 0.1) is 18.2 Å². The van der Waals surface area contributed by atoms with Gasteiger partial charge in [0.15, 0.2) is 5.13 Å². The maximum atomic E-state index is 13.6. The molecule has 1 unspecified atom stereocenters. The van der Waals surface area contributed by atoms with Crippen LogP contribution < -0.4 is 10.1 Å². The third kappa shape index (κ3) is 5.54. The molecule has 0 radical (unpaired) electrons. The molecule has 0 aliphatic rings. The van der Waals surface area contributed by atoms with E-state index in [1.54, 1.807) is 7.11 Å². The number of methoxy groups -OCH3 is 1. The smallest absolute Gasteiger partial charge is 0.232 e. The highest BCUT2D eigenvalue weighted by Crippen LogP contribution is 2.42. The highest BCUT2D eigenvalue weighted by atomic mass is 32.1. The van der Waals surface area contributed by atoms with Gasteiger partial charge in [-0.05, 0) is 41.7 Å². The lowest BCUT2D eigenvalue weighted by Gasteiger charge is -2.33. The molecular weight excluding hydrogens is 440 g/mol.